The summed E-state index contributed by atoms with van der Waals surface area (Å²) in [6, 6.07) is 12.0. The molecule has 3 rings (SSSR count). The van der Waals surface area contributed by atoms with E-state index in [4.69, 9.17) is 9.47 Å². The van der Waals surface area contributed by atoms with Crippen LogP contribution in [-0.4, -0.2) is 39.0 Å². The summed E-state index contributed by atoms with van der Waals surface area (Å²) in [6.45, 7) is 0.397. The summed E-state index contributed by atoms with van der Waals surface area (Å²) in [6.07, 6.45) is -0.412. The molecule has 0 aliphatic carbocycles. The van der Waals surface area contributed by atoms with E-state index in [2.05, 4.69) is 0 Å². The molecule has 0 fully saturated rings. The maximum Gasteiger partial charge on any atom is 0.242 e. The number of benzene rings is 2. The predicted molar refractivity (Wildman–Crippen MR) is 82.6 cm³/mol. The number of hydrogen-bond acceptors (Lipinski definition) is 4. The summed E-state index contributed by atoms with van der Waals surface area (Å²) in [5.41, 5.74) is 0. The van der Waals surface area contributed by atoms with Crippen molar-refractivity contribution in [3.05, 3.63) is 54.3 Å². The zero-order valence-corrected chi connectivity index (χ0v) is 13.3. The number of likely N-dealkylation sites (N-methyl/N-ethyl adjacent to an activating group) is 1. The van der Waals surface area contributed by atoms with Crippen molar-refractivity contribution in [2.24, 2.45) is 0 Å². The number of nitrogens with zero attached hydrogens (tertiary/aromatic N) is 1. The number of sulfonamides is 1. The topological polar surface area (TPSA) is 55.8 Å². The molecule has 0 bridgehead atoms. The Kier molecular flexibility index (Phi) is 4.23. The van der Waals surface area contributed by atoms with Gasteiger partial charge in [0.25, 0.3) is 0 Å². The molecule has 1 unspecified atom stereocenters. The van der Waals surface area contributed by atoms with Gasteiger partial charge in [0.05, 0.1) is 11.4 Å². The lowest BCUT2D eigenvalue weighted by Gasteiger charge is -2.29. The molecule has 1 aliphatic rings. The Morgan fingerprint density at radius 2 is 1.78 bits per heavy atom. The zero-order valence-electron chi connectivity index (χ0n) is 12.5. The molecule has 0 spiro atoms. The number of halogens is 1. The average Bonchev–Trinajstić information content (AvgIpc) is 2.55. The normalized spacial score (nSPS) is 17.3. The summed E-state index contributed by atoms with van der Waals surface area (Å²) in [5, 5.41) is 0. The van der Waals surface area contributed by atoms with E-state index in [-0.39, 0.29) is 18.0 Å². The van der Waals surface area contributed by atoms with E-state index >= 15 is 0 Å². The molecule has 1 atom stereocenters. The van der Waals surface area contributed by atoms with Crippen LogP contribution in [0.4, 0.5) is 4.39 Å². The highest BCUT2D eigenvalue weighted by Crippen LogP contribution is 2.31. The molecule has 0 saturated heterocycles. The molecule has 0 amide bonds. The first-order valence-corrected chi connectivity index (χ1v) is 8.51. The van der Waals surface area contributed by atoms with Gasteiger partial charge in [0, 0.05) is 7.05 Å². The molecule has 23 heavy (non-hydrogen) atoms. The lowest BCUT2D eigenvalue weighted by atomic mass is 10.2. The quantitative estimate of drug-likeness (QED) is 0.859. The lowest BCUT2D eigenvalue weighted by molar-refractivity contribution is 0.0798. The van der Waals surface area contributed by atoms with Crippen molar-refractivity contribution >= 4 is 10.0 Å². The molecule has 0 aromatic heterocycles. The molecule has 1 aliphatic heterocycles. The molecule has 2 aromatic carbocycles. The van der Waals surface area contributed by atoms with E-state index in [0.29, 0.717) is 11.5 Å². The second-order valence-electron chi connectivity index (χ2n) is 5.24. The number of ether oxygens (including phenoxy) is 2. The van der Waals surface area contributed by atoms with Crippen molar-refractivity contribution in [1.29, 1.82) is 0 Å². The Balaban J connectivity index is 1.72. The van der Waals surface area contributed by atoms with Gasteiger partial charge in [-0.25, -0.2) is 12.8 Å². The van der Waals surface area contributed by atoms with Gasteiger partial charge < -0.3 is 9.47 Å². The molecule has 0 N–H and O–H groups in total. The van der Waals surface area contributed by atoms with Crippen LogP contribution in [0.15, 0.2) is 53.4 Å². The Hall–Kier alpha value is -2.12. The summed E-state index contributed by atoms with van der Waals surface area (Å²) >= 11 is 0. The minimum absolute atomic E-state index is 0.0403. The van der Waals surface area contributed by atoms with Crippen LogP contribution in [0.3, 0.4) is 0 Å². The highest BCUT2D eigenvalue weighted by Gasteiger charge is 2.27. The van der Waals surface area contributed by atoms with Crippen molar-refractivity contribution in [2.75, 3.05) is 20.2 Å². The van der Waals surface area contributed by atoms with Crippen molar-refractivity contribution in [3.63, 3.8) is 0 Å². The third kappa shape index (κ3) is 3.30. The molecular formula is C16H16FNO4S. The van der Waals surface area contributed by atoms with Gasteiger partial charge in [-0.05, 0) is 36.4 Å². The smallest absolute Gasteiger partial charge is 0.242 e. The summed E-state index contributed by atoms with van der Waals surface area (Å²) in [5.74, 6) is 0.761. The Morgan fingerprint density at radius 3 is 2.48 bits per heavy atom. The van der Waals surface area contributed by atoms with E-state index in [1.807, 2.05) is 12.1 Å². The number of fused-ring (bicyclic) bond motifs is 1. The van der Waals surface area contributed by atoms with E-state index in [0.717, 1.165) is 12.1 Å². The number of hydrogen-bond donors (Lipinski definition) is 0. The summed E-state index contributed by atoms with van der Waals surface area (Å²) in [4.78, 5) is 0.0403. The van der Waals surface area contributed by atoms with Gasteiger partial charge in [0.1, 0.15) is 18.5 Å². The van der Waals surface area contributed by atoms with Crippen LogP contribution in [0.25, 0.3) is 0 Å². The van der Waals surface area contributed by atoms with E-state index in [9.17, 15) is 12.8 Å². The van der Waals surface area contributed by atoms with Crippen LogP contribution in [0.1, 0.15) is 0 Å². The minimum Gasteiger partial charge on any atom is -0.486 e. The molecule has 122 valence electrons. The molecule has 0 radical (unpaired) electrons. The van der Waals surface area contributed by atoms with Crippen LogP contribution < -0.4 is 9.47 Å². The maximum absolute atomic E-state index is 12.9. The van der Waals surface area contributed by atoms with Crippen LogP contribution in [0.5, 0.6) is 11.5 Å². The SMILES string of the molecule is CN(CC1COc2ccccc2O1)S(=O)(=O)c1ccc(F)cc1. The molecule has 1 heterocycles. The zero-order chi connectivity index (χ0) is 16.4. The van der Waals surface area contributed by atoms with Gasteiger partial charge in [-0.15, -0.1) is 0 Å². The van der Waals surface area contributed by atoms with Gasteiger partial charge >= 0.3 is 0 Å². The van der Waals surface area contributed by atoms with E-state index in [1.54, 1.807) is 12.1 Å². The van der Waals surface area contributed by atoms with Gasteiger partial charge in [-0.2, -0.15) is 4.31 Å². The highest BCUT2D eigenvalue weighted by atomic mass is 32.2. The fourth-order valence-corrected chi connectivity index (χ4v) is 3.53. The third-order valence-corrected chi connectivity index (χ3v) is 5.39. The molecule has 7 heteroatoms. The minimum atomic E-state index is -3.70. The second kappa shape index (κ2) is 6.17. The van der Waals surface area contributed by atoms with Crippen molar-refractivity contribution in [1.82, 2.24) is 4.31 Å². The van der Waals surface area contributed by atoms with E-state index < -0.39 is 21.9 Å². The Morgan fingerprint density at radius 1 is 1.13 bits per heavy atom. The first-order chi connectivity index (χ1) is 11.0. The average molecular weight is 337 g/mol. The van der Waals surface area contributed by atoms with Crippen molar-refractivity contribution in [3.8, 4) is 11.5 Å². The number of para-hydroxylation sites is 2. The first kappa shape index (κ1) is 15.8. The van der Waals surface area contributed by atoms with Gasteiger partial charge in [0.15, 0.2) is 11.5 Å². The van der Waals surface area contributed by atoms with Gasteiger partial charge in [0.2, 0.25) is 10.0 Å². The maximum atomic E-state index is 12.9. The fourth-order valence-electron chi connectivity index (χ4n) is 2.32. The second-order valence-corrected chi connectivity index (χ2v) is 7.28. The molecular weight excluding hydrogens is 321 g/mol. The fraction of sp³-hybridized carbons (Fsp3) is 0.250. The monoisotopic (exact) mass is 337 g/mol. The Bertz CT molecular complexity index is 792. The standard InChI is InChI=1S/C16H16FNO4S/c1-18(23(19,20)14-8-6-12(17)7-9-14)10-13-11-21-15-4-2-3-5-16(15)22-13/h2-9,13H,10-11H2,1H3. The first-order valence-electron chi connectivity index (χ1n) is 7.07. The van der Waals surface area contributed by atoms with Crippen LogP contribution in [0.2, 0.25) is 0 Å². The molecule has 5 nitrogen and oxygen atoms in total. The van der Waals surface area contributed by atoms with Crippen molar-refractivity contribution < 1.29 is 22.3 Å². The highest BCUT2D eigenvalue weighted by molar-refractivity contribution is 7.89. The van der Waals surface area contributed by atoms with Crippen molar-refractivity contribution in [2.45, 2.75) is 11.0 Å². The third-order valence-electron chi connectivity index (χ3n) is 3.55. The summed E-state index contributed by atoms with van der Waals surface area (Å²) < 4.78 is 50.4. The molecule has 0 saturated carbocycles. The van der Waals surface area contributed by atoms with Crippen LogP contribution >= 0.6 is 0 Å². The van der Waals surface area contributed by atoms with Gasteiger partial charge in [-0.3, -0.25) is 0 Å². The predicted octanol–water partition coefficient (Wildman–Crippen LogP) is 2.29. The molecule has 2 aromatic rings. The largest absolute Gasteiger partial charge is 0.486 e. The van der Waals surface area contributed by atoms with Crippen LogP contribution in [-0.2, 0) is 10.0 Å². The number of rotatable bonds is 4. The van der Waals surface area contributed by atoms with E-state index in [1.165, 1.54) is 23.5 Å². The lowest BCUT2D eigenvalue weighted by Crippen LogP contribution is -2.41. The Labute approximate surface area is 134 Å². The summed E-state index contributed by atoms with van der Waals surface area (Å²) in [7, 11) is -2.24. The van der Waals surface area contributed by atoms with Gasteiger partial charge in [-0.1, -0.05) is 12.1 Å². The van der Waals surface area contributed by atoms with Crippen LogP contribution in [0, 0.1) is 5.82 Å².